The lowest BCUT2D eigenvalue weighted by Gasteiger charge is -1.97. The zero-order chi connectivity index (χ0) is 9.30. The summed E-state index contributed by atoms with van der Waals surface area (Å²) in [6.07, 6.45) is 0. The lowest BCUT2D eigenvalue weighted by Crippen LogP contribution is -1.90. The van der Waals surface area contributed by atoms with E-state index in [1.165, 1.54) is 6.07 Å². The highest BCUT2D eigenvalue weighted by Gasteiger charge is 2.15. The molecule has 1 aromatic carbocycles. The van der Waals surface area contributed by atoms with Crippen molar-refractivity contribution in [2.24, 2.45) is 0 Å². The standard InChI is InChI=1S/C6H2Cl2INO2/c7-4-1-3(9)2-5(6(4)8)10(11)12/h1-2H. The van der Waals surface area contributed by atoms with Gasteiger partial charge in [0.2, 0.25) is 0 Å². The van der Waals surface area contributed by atoms with Gasteiger partial charge >= 0.3 is 0 Å². The van der Waals surface area contributed by atoms with Crippen LogP contribution in [0.1, 0.15) is 0 Å². The first kappa shape index (κ1) is 10.0. The van der Waals surface area contributed by atoms with Gasteiger partial charge in [0.15, 0.2) is 0 Å². The van der Waals surface area contributed by atoms with Crippen molar-refractivity contribution in [1.82, 2.24) is 0 Å². The van der Waals surface area contributed by atoms with E-state index in [-0.39, 0.29) is 15.7 Å². The van der Waals surface area contributed by atoms with E-state index in [0.717, 1.165) is 0 Å². The predicted octanol–water partition coefficient (Wildman–Crippen LogP) is 3.51. The van der Waals surface area contributed by atoms with Crippen molar-refractivity contribution in [2.45, 2.75) is 0 Å². The highest BCUT2D eigenvalue weighted by Crippen LogP contribution is 2.33. The fraction of sp³-hybridized carbons (Fsp3) is 0. The van der Waals surface area contributed by atoms with E-state index in [4.69, 9.17) is 23.2 Å². The van der Waals surface area contributed by atoms with Crippen molar-refractivity contribution in [2.75, 3.05) is 0 Å². The van der Waals surface area contributed by atoms with E-state index in [1.54, 1.807) is 6.07 Å². The minimum Gasteiger partial charge on any atom is -0.258 e. The number of hydrogen-bond donors (Lipinski definition) is 0. The van der Waals surface area contributed by atoms with E-state index in [2.05, 4.69) is 0 Å². The Labute approximate surface area is 92.0 Å². The summed E-state index contributed by atoms with van der Waals surface area (Å²) in [5.41, 5.74) is -0.159. The zero-order valence-electron chi connectivity index (χ0n) is 5.55. The average molecular weight is 318 g/mol. The molecule has 0 spiro atoms. The highest BCUT2D eigenvalue weighted by molar-refractivity contribution is 14.1. The number of hydrogen-bond acceptors (Lipinski definition) is 2. The van der Waals surface area contributed by atoms with Gasteiger partial charge in [0, 0.05) is 9.64 Å². The number of nitro groups is 1. The van der Waals surface area contributed by atoms with Crippen LogP contribution < -0.4 is 0 Å². The summed E-state index contributed by atoms with van der Waals surface area (Å²) in [6, 6.07) is 2.94. The van der Waals surface area contributed by atoms with E-state index in [0.29, 0.717) is 3.57 Å². The maximum atomic E-state index is 10.4. The van der Waals surface area contributed by atoms with Crippen LogP contribution >= 0.6 is 45.8 Å². The van der Waals surface area contributed by atoms with Crippen LogP contribution in [-0.2, 0) is 0 Å². The molecule has 0 heterocycles. The molecular formula is C6H2Cl2INO2. The monoisotopic (exact) mass is 317 g/mol. The van der Waals surface area contributed by atoms with Crippen molar-refractivity contribution in [3.63, 3.8) is 0 Å². The van der Waals surface area contributed by atoms with E-state index in [1.807, 2.05) is 22.6 Å². The van der Waals surface area contributed by atoms with E-state index < -0.39 is 4.92 Å². The molecule has 0 bridgehead atoms. The van der Waals surface area contributed by atoms with Crippen molar-refractivity contribution in [1.29, 1.82) is 0 Å². The topological polar surface area (TPSA) is 43.1 Å². The molecule has 1 aromatic rings. The van der Waals surface area contributed by atoms with Gasteiger partial charge < -0.3 is 0 Å². The lowest BCUT2D eigenvalue weighted by molar-refractivity contribution is -0.384. The highest BCUT2D eigenvalue weighted by atomic mass is 127. The van der Waals surface area contributed by atoms with Gasteiger partial charge in [-0.05, 0) is 28.7 Å². The summed E-state index contributed by atoms with van der Waals surface area (Å²) >= 11 is 13.1. The maximum absolute atomic E-state index is 10.4. The molecule has 0 aliphatic rings. The fourth-order valence-electron chi connectivity index (χ4n) is 0.675. The third kappa shape index (κ3) is 1.99. The van der Waals surface area contributed by atoms with Crippen LogP contribution in [-0.4, -0.2) is 4.92 Å². The summed E-state index contributed by atoms with van der Waals surface area (Å²) in [5, 5.41) is 10.6. The smallest absolute Gasteiger partial charge is 0.258 e. The molecule has 64 valence electrons. The third-order valence-corrected chi connectivity index (χ3v) is 2.59. The Morgan fingerprint density at radius 2 is 2.00 bits per heavy atom. The predicted molar refractivity (Wildman–Crippen MR) is 55.8 cm³/mol. The second-order valence-corrected chi connectivity index (χ2v) is 4.01. The first-order valence-electron chi connectivity index (χ1n) is 2.81. The van der Waals surface area contributed by atoms with Crippen molar-refractivity contribution < 1.29 is 4.92 Å². The van der Waals surface area contributed by atoms with Crippen LogP contribution in [0.4, 0.5) is 5.69 Å². The molecule has 0 N–H and O–H groups in total. The quantitative estimate of drug-likeness (QED) is 0.344. The molecule has 0 fully saturated rings. The van der Waals surface area contributed by atoms with Crippen LogP contribution in [0.15, 0.2) is 12.1 Å². The van der Waals surface area contributed by atoms with Gasteiger partial charge in [0.1, 0.15) is 5.02 Å². The van der Waals surface area contributed by atoms with Gasteiger partial charge in [-0.3, -0.25) is 10.1 Å². The molecule has 0 unspecified atom stereocenters. The largest absolute Gasteiger partial charge is 0.290 e. The van der Waals surface area contributed by atoms with Crippen LogP contribution in [0.25, 0.3) is 0 Å². The first-order valence-corrected chi connectivity index (χ1v) is 4.65. The first-order chi connectivity index (χ1) is 5.52. The molecule has 3 nitrogen and oxygen atoms in total. The summed E-state index contributed by atoms with van der Waals surface area (Å²) in [4.78, 5) is 9.83. The zero-order valence-corrected chi connectivity index (χ0v) is 9.22. The van der Waals surface area contributed by atoms with Gasteiger partial charge in [-0.25, -0.2) is 0 Å². The summed E-state index contributed by atoms with van der Waals surface area (Å²) in [5.74, 6) is 0. The van der Waals surface area contributed by atoms with Crippen molar-refractivity contribution >= 4 is 51.5 Å². The Morgan fingerprint density at radius 3 is 2.50 bits per heavy atom. The minimum absolute atomic E-state index is 0.0120. The Bertz CT molecular complexity index is 343. The van der Waals surface area contributed by atoms with Gasteiger partial charge in [-0.2, -0.15) is 0 Å². The SMILES string of the molecule is O=[N+]([O-])c1cc(I)cc(Cl)c1Cl. The molecule has 1 rings (SSSR count). The fourth-order valence-corrected chi connectivity index (χ4v) is 1.86. The molecular weight excluding hydrogens is 316 g/mol. The molecule has 0 aromatic heterocycles. The number of rotatable bonds is 1. The molecule has 0 atom stereocenters. The van der Waals surface area contributed by atoms with Gasteiger partial charge in [-0.15, -0.1) is 0 Å². The van der Waals surface area contributed by atoms with E-state index >= 15 is 0 Å². The molecule has 0 saturated heterocycles. The van der Waals surface area contributed by atoms with Crippen LogP contribution in [0.2, 0.25) is 10.0 Å². The Hall–Kier alpha value is -0.0700. The lowest BCUT2D eigenvalue weighted by atomic mass is 10.3. The number of nitrogens with zero attached hydrogens (tertiary/aromatic N) is 1. The molecule has 0 aliphatic carbocycles. The average Bonchev–Trinajstić information content (AvgIpc) is 1.96. The maximum Gasteiger partial charge on any atom is 0.290 e. The molecule has 0 saturated carbocycles. The number of halogens is 3. The summed E-state index contributed by atoms with van der Waals surface area (Å²) in [6.45, 7) is 0. The summed E-state index contributed by atoms with van der Waals surface area (Å²) in [7, 11) is 0. The Morgan fingerprint density at radius 1 is 1.42 bits per heavy atom. The summed E-state index contributed by atoms with van der Waals surface area (Å²) < 4.78 is 0.689. The van der Waals surface area contributed by atoms with Crippen LogP contribution in [0, 0.1) is 13.7 Å². The molecule has 0 radical (unpaired) electrons. The number of benzene rings is 1. The van der Waals surface area contributed by atoms with Crippen molar-refractivity contribution in [3.05, 3.63) is 35.9 Å². The van der Waals surface area contributed by atoms with Crippen molar-refractivity contribution in [3.8, 4) is 0 Å². The minimum atomic E-state index is -0.559. The molecule has 12 heavy (non-hydrogen) atoms. The molecule has 0 amide bonds. The van der Waals surface area contributed by atoms with Crippen LogP contribution in [0.3, 0.4) is 0 Å². The third-order valence-electron chi connectivity index (χ3n) is 1.17. The van der Waals surface area contributed by atoms with Gasteiger partial charge in [0.05, 0.1) is 9.95 Å². The van der Waals surface area contributed by atoms with E-state index in [9.17, 15) is 10.1 Å². The Kier molecular flexibility index (Phi) is 3.14. The molecule has 6 heteroatoms. The van der Waals surface area contributed by atoms with Crippen LogP contribution in [0.5, 0.6) is 0 Å². The second-order valence-electron chi connectivity index (χ2n) is 1.98. The number of nitro benzene ring substituents is 1. The molecule has 0 aliphatic heterocycles. The van der Waals surface area contributed by atoms with Gasteiger partial charge in [-0.1, -0.05) is 23.2 Å². The van der Waals surface area contributed by atoms with Gasteiger partial charge in [0.25, 0.3) is 5.69 Å². The second kappa shape index (κ2) is 3.76. The Balaban J connectivity index is 3.37. The normalized spacial score (nSPS) is 9.92.